The summed E-state index contributed by atoms with van der Waals surface area (Å²) in [5.74, 6) is 0.375. The number of hydrogen-bond acceptors (Lipinski definition) is 2. The van der Waals surface area contributed by atoms with E-state index >= 15 is 0 Å². The van der Waals surface area contributed by atoms with Gasteiger partial charge in [-0.1, -0.05) is 36.2 Å². The molecule has 0 fully saturated rings. The van der Waals surface area contributed by atoms with E-state index in [1.165, 1.54) is 0 Å². The number of carbonyl (C=O) groups is 1. The Bertz CT molecular complexity index is 398. The number of nitrogens with one attached hydrogen (secondary N) is 1. The van der Waals surface area contributed by atoms with Crippen molar-refractivity contribution in [3.8, 4) is 0 Å². The summed E-state index contributed by atoms with van der Waals surface area (Å²) in [6.07, 6.45) is 1.50. The summed E-state index contributed by atoms with van der Waals surface area (Å²) >= 11 is 6.73. The summed E-state index contributed by atoms with van der Waals surface area (Å²) in [5.41, 5.74) is 7.04. The fourth-order valence-electron chi connectivity index (χ4n) is 1.38. The number of nitrogens with two attached hydrogens (primary N) is 1. The highest BCUT2D eigenvalue weighted by Gasteiger charge is 2.12. The minimum absolute atomic E-state index is 0.00549. The zero-order valence-corrected chi connectivity index (χ0v) is 13.1. The molecule has 3 nitrogen and oxygen atoms in total. The fourth-order valence-corrected chi connectivity index (χ4v) is 2.73. The van der Waals surface area contributed by atoms with Gasteiger partial charge in [-0.2, -0.15) is 0 Å². The molecule has 0 saturated carbocycles. The minimum atomic E-state index is -0.00549. The van der Waals surface area contributed by atoms with Gasteiger partial charge in [-0.25, -0.2) is 0 Å². The molecule has 5 heteroatoms. The van der Waals surface area contributed by atoms with Crippen LogP contribution in [0.15, 0.2) is 21.1 Å². The second-order valence-corrected chi connectivity index (χ2v) is 5.89. The Morgan fingerprint density at radius 2 is 2.12 bits per heavy atom. The van der Waals surface area contributed by atoms with Crippen molar-refractivity contribution in [1.82, 2.24) is 0 Å². The van der Waals surface area contributed by atoms with Crippen LogP contribution >= 0.6 is 31.9 Å². The van der Waals surface area contributed by atoms with E-state index in [1.54, 1.807) is 6.07 Å². The fraction of sp³-hybridized carbons (Fsp3) is 0.417. The van der Waals surface area contributed by atoms with Crippen LogP contribution in [0.5, 0.6) is 0 Å². The third-order valence-electron chi connectivity index (χ3n) is 2.58. The molecule has 0 bridgehead atoms. The highest BCUT2D eigenvalue weighted by Crippen LogP contribution is 2.32. The molecule has 17 heavy (non-hydrogen) atoms. The van der Waals surface area contributed by atoms with Gasteiger partial charge in [-0.3, -0.25) is 4.79 Å². The van der Waals surface area contributed by atoms with Gasteiger partial charge in [0.25, 0.3) is 0 Å². The summed E-state index contributed by atoms with van der Waals surface area (Å²) in [5, 5.41) is 2.84. The van der Waals surface area contributed by atoms with Crippen molar-refractivity contribution in [2.45, 2.75) is 26.7 Å². The molecule has 0 saturated heterocycles. The van der Waals surface area contributed by atoms with Crippen molar-refractivity contribution in [1.29, 1.82) is 0 Å². The molecule has 0 aromatic heterocycles. The first-order valence-corrected chi connectivity index (χ1v) is 7.07. The van der Waals surface area contributed by atoms with Gasteiger partial charge in [0, 0.05) is 15.4 Å². The quantitative estimate of drug-likeness (QED) is 0.788. The third-order valence-corrected chi connectivity index (χ3v) is 3.66. The predicted molar refractivity (Wildman–Crippen MR) is 79.0 cm³/mol. The predicted octanol–water partition coefficient (Wildman–Crippen LogP) is 4.17. The summed E-state index contributed by atoms with van der Waals surface area (Å²) in [6.45, 7) is 4.13. The van der Waals surface area contributed by atoms with E-state index in [2.05, 4.69) is 51.0 Å². The third kappa shape index (κ3) is 4.32. The van der Waals surface area contributed by atoms with E-state index in [-0.39, 0.29) is 5.91 Å². The van der Waals surface area contributed by atoms with Crippen LogP contribution in [0, 0.1) is 5.92 Å². The monoisotopic (exact) mass is 362 g/mol. The number of hydrogen-bond donors (Lipinski definition) is 2. The molecule has 0 heterocycles. The van der Waals surface area contributed by atoms with Crippen LogP contribution < -0.4 is 11.1 Å². The van der Waals surface area contributed by atoms with Gasteiger partial charge < -0.3 is 11.1 Å². The van der Waals surface area contributed by atoms with Gasteiger partial charge in [-0.15, -0.1) is 0 Å². The van der Waals surface area contributed by atoms with Gasteiger partial charge in [0.05, 0.1) is 11.4 Å². The molecule has 1 aromatic carbocycles. The van der Waals surface area contributed by atoms with Crippen molar-refractivity contribution in [2.75, 3.05) is 11.1 Å². The molecule has 94 valence electrons. The summed E-state index contributed by atoms with van der Waals surface area (Å²) in [7, 11) is 0. The molecule has 0 aliphatic heterocycles. The lowest BCUT2D eigenvalue weighted by Gasteiger charge is -2.13. The number of carbonyl (C=O) groups excluding carboxylic acids is 1. The van der Waals surface area contributed by atoms with E-state index in [0.29, 0.717) is 23.7 Å². The molecule has 3 N–H and O–H groups in total. The smallest absolute Gasteiger partial charge is 0.224 e. The Kier molecular flexibility index (Phi) is 5.46. The van der Waals surface area contributed by atoms with Crippen LogP contribution in [0.4, 0.5) is 11.4 Å². The highest BCUT2D eigenvalue weighted by atomic mass is 79.9. The molecule has 1 rings (SSSR count). The normalized spacial score (nSPS) is 12.2. The molecular formula is C12H16Br2N2O. The van der Waals surface area contributed by atoms with Crippen LogP contribution in [0.2, 0.25) is 0 Å². The second kappa shape index (κ2) is 6.40. The summed E-state index contributed by atoms with van der Waals surface area (Å²) < 4.78 is 1.66. The lowest BCUT2D eigenvalue weighted by atomic mass is 10.0. The molecule has 1 amide bonds. The average molecular weight is 364 g/mol. The van der Waals surface area contributed by atoms with Crippen LogP contribution in [0.25, 0.3) is 0 Å². The maximum atomic E-state index is 11.8. The van der Waals surface area contributed by atoms with Crippen molar-refractivity contribution >= 4 is 49.1 Å². The lowest BCUT2D eigenvalue weighted by molar-refractivity contribution is -0.117. The van der Waals surface area contributed by atoms with E-state index in [0.717, 1.165) is 15.4 Å². The van der Waals surface area contributed by atoms with E-state index in [9.17, 15) is 4.79 Å². The van der Waals surface area contributed by atoms with Crippen LogP contribution in [-0.2, 0) is 4.79 Å². The van der Waals surface area contributed by atoms with Gasteiger partial charge in [0.2, 0.25) is 5.91 Å². The molecule has 0 aliphatic carbocycles. The Morgan fingerprint density at radius 1 is 1.47 bits per heavy atom. The number of nitrogen functional groups attached to an aromatic ring is 1. The second-order valence-electron chi connectivity index (χ2n) is 4.12. The molecule has 1 unspecified atom stereocenters. The maximum Gasteiger partial charge on any atom is 0.224 e. The Morgan fingerprint density at radius 3 is 2.65 bits per heavy atom. The van der Waals surface area contributed by atoms with E-state index in [4.69, 9.17) is 5.73 Å². The van der Waals surface area contributed by atoms with Crippen molar-refractivity contribution < 1.29 is 4.79 Å². The molecule has 1 atom stereocenters. The van der Waals surface area contributed by atoms with Crippen LogP contribution in [-0.4, -0.2) is 5.91 Å². The Balaban J connectivity index is 2.78. The topological polar surface area (TPSA) is 55.1 Å². The first-order valence-electron chi connectivity index (χ1n) is 5.48. The number of benzene rings is 1. The van der Waals surface area contributed by atoms with Crippen molar-refractivity contribution in [3.63, 3.8) is 0 Å². The van der Waals surface area contributed by atoms with Crippen LogP contribution in [0.1, 0.15) is 26.7 Å². The standard InChI is InChI=1S/C12H16Br2N2O/c1-3-7(2)4-11(17)16-12-9(14)5-8(13)6-10(12)15/h5-7H,3-4,15H2,1-2H3,(H,16,17). The largest absolute Gasteiger partial charge is 0.397 e. The number of amides is 1. The average Bonchev–Trinajstić information content (AvgIpc) is 2.23. The Labute approximate surface area is 118 Å². The molecule has 0 radical (unpaired) electrons. The molecule has 0 aliphatic rings. The van der Waals surface area contributed by atoms with Crippen molar-refractivity contribution in [2.24, 2.45) is 5.92 Å². The number of halogens is 2. The van der Waals surface area contributed by atoms with Gasteiger partial charge in [-0.05, 0) is 34.0 Å². The Hall–Kier alpha value is -0.550. The zero-order chi connectivity index (χ0) is 13.0. The van der Waals surface area contributed by atoms with Gasteiger partial charge >= 0.3 is 0 Å². The SMILES string of the molecule is CCC(C)CC(=O)Nc1c(N)cc(Br)cc1Br. The lowest BCUT2D eigenvalue weighted by Crippen LogP contribution is -2.16. The molecule has 1 aromatic rings. The molecule has 0 spiro atoms. The maximum absolute atomic E-state index is 11.8. The number of anilines is 2. The van der Waals surface area contributed by atoms with E-state index < -0.39 is 0 Å². The van der Waals surface area contributed by atoms with Crippen molar-refractivity contribution in [3.05, 3.63) is 21.1 Å². The highest BCUT2D eigenvalue weighted by molar-refractivity contribution is 9.11. The minimum Gasteiger partial charge on any atom is -0.397 e. The number of rotatable bonds is 4. The van der Waals surface area contributed by atoms with Crippen LogP contribution in [0.3, 0.4) is 0 Å². The first-order chi connectivity index (χ1) is 7.93. The van der Waals surface area contributed by atoms with E-state index in [1.807, 2.05) is 6.07 Å². The zero-order valence-electron chi connectivity index (χ0n) is 9.89. The first kappa shape index (κ1) is 14.5. The summed E-state index contributed by atoms with van der Waals surface area (Å²) in [4.78, 5) is 11.8. The molecular weight excluding hydrogens is 348 g/mol. The summed E-state index contributed by atoms with van der Waals surface area (Å²) in [6, 6.07) is 3.62. The van der Waals surface area contributed by atoms with Gasteiger partial charge in [0.1, 0.15) is 0 Å². The van der Waals surface area contributed by atoms with Gasteiger partial charge in [0.15, 0.2) is 0 Å².